The van der Waals surface area contributed by atoms with Gasteiger partial charge in [0.1, 0.15) is 6.04 Å². The predicted molar refractivity (Wildman–Crippen MR) is 144 cm³/mol. The summed E-state index contributed by atoms with van der Waals surface area (Å²) in [5.41, 5.74) is 0. The number of ether oxygens (including phenoxy) is 2. The van der Waals surface area contributed by atoms with Gasteiger partial charge in [-0.25, -0.2) is 4.79 Å². The molecule has 1 atom stereocenters. The first-order valence-electron chi connectivity index (χ1n) is 12.5. The molecule has 1 aliphatic carbocycles. The van der Waals surface area contributed by atoms with Crippen molar-refractivity contribution in [3.05, 3.63) is 34.3 Å². The zero-order valence-electron chi connectivity index (χ0n) is 22.3. The van der Waals surface area contributed by atoms with Crippen molar-refractivity contribution >= 4 is 47.0 Å². The van der Waals surface area contributed by atoms with Crippen LogP contribution in [0.5, 0.6) is 0 Å². The highest BCUT2D eigenvalue weighted by molar-refractivity contribution is 6.41. The van der Waals surface area contributed by atoms with Gasteiger partial charge in [0.15, 0.2) is 0 Å². The van der Waals surface area contributed by atoms with Gasteiger partial charge in [0, 0.05) is 12.3 Å². The van der Waals surface area contributed by atoms with Gasteiger partial charge >= 0.3 is 11.9 Å². The van der Waals surface area contributed by atoms with Crippen molar-refractivity contribution in [2.24, 2.45) is 5.92 Å². The first-order chi connectivity index (χ1) is 17.2. The van der Waals surface area contributed by atoms with Crippen LogP contribution in [0.15, 0.2) is 24.3 Å². The summed E-state index contributed by atoms with van der Waals surface area (Å²) in [6.07, 6.45) is 3.02. The number of amides is 2. The van der Waals surface area contributed by atoms with Gasteiger partial charge in [-0.15, -0.1) is 0 Å². The Morgan fingerprint density at radius 3 is 1.86 bits per heavy atom. The van der Waals surface area contributed by atoms with E-state index in [1.807, 2.05) is 26.0 Å². The van der Waals surface area contributed by atoms with E-state index in [2.05, 4.69) is 24.5 Å². The molecule has 2 N–H and O–H groups in total. The molecule has 0 aromatic heterocycles. The van der Waals surface area contributed by atoms with E-state index in [0.29, 0.717) is 10.0 Å². The average Bonchev–Trinajstić information content (AvgIpc) is 3.70. The first-order valence-corrected chi connectivity index (χ1v) is 13.2. The summed E-state index contributed by atoms with van der Waals surface area (Å²) in [6.45, 7) is 11.8. The Hall–Kier alpha value is -2.32. The van der Waals surface area contributed by atoms with Crippen molar-refractivity contribution in [3.63, 3.8) is 0 Å². The van der Waals surface area contributed by atoms with E-state index in [9.17, 15) is 19.2 Å². The zero-order chi connectivity index (χ0) is 27.9. The number of halogens is 2. The SMILES string of the molecule is CC.CCC.CCOC(=O)CCC(NC(=O)CNC(=O)C1CC1)C(=O)OCC.Clc1ccccc1Cl. The molecule has 10 heteroatoms. The number of esters is 2. The lowest BCUT2D eigenvalue weighted by molar-refractivity contribution is -0.148. The predicted octanol–water partition coefficient (Wildman–Crippen LogP) is 5.34. The van der Waals surface area contributed by atoms with Crippen molar-refractivity contribution in [2.75, 3.05) is 19.8 Å². The first kappa shape index (κ1) is 35.8. The van der Waals surface area contributed by atoms with Gasteiger partial charge in [0.25, 0.3) is 0 Å². The Morgan fingerprint density at radius 1 is 0.944 bits per heavy atom. The van der Waals surface area contributed by atoms with E-state index in [1.165, 1.54) is 6.42 Å². The second-order valence-corrected chi connectivity index (χ2v) is 8.14. The van der Waals surface area contributed by atoms with Crippen LogP contribution in [0.3, 0.4) is 0 Å². The van der Waals surface area contributed by atoms with Crippen LogP contribution in [-0.4, -0.2) is 49.6 Å². The zero-order valence-corrected chi connectivity index (χ0v) is 23.8. The molecule has 8 nitrogen and oxygen atoms in total. The van der Waals surface area contributed by atoms with Crippen LogP contribution in [0.2, 0.25) is 10.0 Å². The maximum absolute atomic E-state index is 11.8. The molecule has 2 rings (SSSR count). The van der Waals surface area contributed by atoms with Gasteiger partial charge < -0.3 is 20.1 Å². The fourth-order valence-corrected chi connectivity index (χ4v) is 2.60. The van der Waals surface area contributed by atoms with Crippen LogP contribution in [0, 0.1) is 5.92 Å². The van der Waals surface area contributed by atoms with Crippen LogP contribution in [0.4, 0.5) is 0 Å². The number of hydrogen-bond acceptors (Lipinski definition) is 6. The van der Waals surface area contributed by atoms with Gasteiger partial charge in [0.2, 0.25) is 11.8 Å². The molecule has 36 heavy (non-hydrogen) atoms. The van der Waals surface area contributed by atoms with Gasteiger partial charge in [-0.2, -0.15) is 0 Å². The van der Waals surface area contributed by atoms with Crippen LogP contribution in [0.25, 0.3) is 0 Å². The third-order valence-electron chi connectivity index (χ3n) is 4.04. The standard InChI is InChI=1S/C15H24N2O6.C6H4Cl2.C3H8.C2H6/c1-3-22-13(19)8-7-11(15(21)23-4-2)17-12(18)9-16-14(20)10-5-6-10;7-5-3-1-2-4-6(5)8;1-3-2;1-2/h10-11H,3-9H2,1-2H3,(H,16,20)(H,17,18);1-4H;3H2,1-2H3;1-2H3. The second kappa shape index (κ2) is 23.1. The van der Waals surface area contributed by atoms with Crippen LogP contribution >= 0.6 is 23.2 Å². The minimum atomic E-state index is -0.940. The van der Waals surface area contributed by atoms with E-state index in [0.717, 1.165) is 12.8 Å². The monoisotopic (exact) mass is 548 g/mol. The highest BCUT2D eigenvalue weighted by atomic mass is 35.5. The lowest BCUT2D eigenvalue weighted by atomic mass is 10.1. The number of benzene rings is 1. The smallest absolute Gasteiger partial charge is 0.328 e. The summed E-state index contributed by atoms with van der Waals surface area (Å²) in [6, 6.07) is 6.25. The van der Waals surface area contributed by atoms with Crippen molar-refractivity contribution in [1.82, 2.24) is 10.6 Å². The number of hydrogen-bond donors (Lipinski definition) is 2. The third-order valence-corrected chi connectivity index (χ3v) is 4.80. The fraction of sp³-hybridized carbons (Fsp3) is 0.615. The maximum Gasteiger partial charge on any atom is 0.328 e. The molecule has 1 aromatic carbocycles. The van der Waals surface area contributed by atoms with Crippen LogP contribution in [-0.2, 0) is 28.7 Å². The quantitative estimate of drug-likeness (QED) is 0.381. The van der Waals surface area contributed by atoms with Crippen LogP contribution < -0.4 is 10.6 Å². The van der Waals surface area contributed by atoms with Crippen molar-refractivity contribution < 1.29 is 28.7 Å². The molecule has 206 valence electrons. The Morgan fingerprint density at radius 2 is 1.44 bits per heavy atom. The van der Waals surface area contributed by atoms with E-state index in [-0.39, 0.29) is 44.4 Å². The Balaban J connectivity index is 0. The molecule has 1 unspecified atom stereocenters. The Kier molecular flexibility index (Phi) is 23.0. The molecule has 0 spiro atoms. The summed E-state index contributed by atoms with van der Waals surface area (Å²) in [7, 11) is 0. The van der Waals surface area contributed by atoms with E-state index >= 15 is 0 Å². The lowest BCUT2D eigenvalue weighted by Crippen LogP contribution is -2.46. The molecule has 1 fully saturated rings. The molecule has 0 saturated heterocycles. The molecule has 2 amide bonds. The van der Waals surface area contributed by atoms with Crippen molar-refractivity contribution in [3.8, 4) is 0 Å². The van der Waals surface area contributed by atoms with Gasteiger partial charge in [-0.1, -0.05) is 69.5 Å². The molecule has 1 aliphatic rings. The average molecular weight is 550 g/mol. The molecule has 0 radical (unpaired) electrons. The lowest BCUT2D eigenvalue weighted by Gasteiger charge is -2.17. The molecule has 0 heterocycles. The summed E-state index contributed by atoms with van der Waals surface area (Å²) >= 11 is 11.2. The molecular weight excluding hydrogens is 507 g/mol. The number of carbonyl (C=O) groups is 4. The minimum Gasteiger partial charge on any atom is -0.466 e. The fourth-order valence-electron chi connectivity index (χ4n) is 2.33. The minimum absolute atomic E-state index is 0.00691. The number of rotatable bonds is 10. The maximum atomic E-state index is 11.8. The number of carbonyl (C=O) groups excluding carboxylic acids is 4. The molecule has 0 bridgehead atoms. The van der Waals surface area contributed by atoms with Gasteiger partial charge in [0.05, 0.1) is 29.8 Å². The third kappa shape index (κ3) is 18.9. The highest BCUT2D eigenvalue weighted by Crippen LogP contribution is 2.28. The van der Waals surface area contributed by atoms with Gasteiger partial charge in [-0.3, -0.25) is 14.4 Å². The van der Waals surface area contributed by atoms with Crippen molar-refractivity contribution in [2.45, 2.75) is 79.7 Å². The summed E-state index contributed by atoms with van der Waals surface area (Å²) in [5.74, 6) is -1.70. The van der Waals surface area contributed by atoms with Crippen molar-refractivity contribution in [1.29, 1.82) is 0 Å². The van der Waals surface area contributed by atoms with Crippen LogP contribution in [0.1, 0.15) is 73.6 Å². The largest absolute Gasteiger partial charge is 0.466 e. The summed E-state index contributed by atoms with van der Waals surface area (Å²) in [4.78, 5) is 46.5. The van der Waals surface area contributed by atoms with E-state index in [1.54, 1.807) is 26.0 Å². The highest BCUT2D eigenvalue weighted by Gasteiger charge is 2.30. The number of nitrogens with one attached hydrogen (secondary N) is 2. The topological polar surface area (TPSA) is 111 Å². The Bertz CT molecular complexity index is 752. The second-order valence-electron chi connectivity index (χ2n) is 7.33. The molecule has 1 aromatic rings. The van der Waals surface area contributed by atoms with E-state index in [4.69, 9.17) is 32.7 Å². The molecular formula is C26H42Cl2N2O6. The molecule has 1 saturated carbocycles. The van der Waals surface area contributed by atoms with E-state index < -0.39 is 23.9 Å². The Labute approximate surface area is 225 Å². The summed E-state index contributed by atoms with van der Waals surface area (Å²) in [5, 5.41) is 6.20. The molecule has 0 aliphatic heterocycles. The normalized spacial score (nSPS) is 12.0. The van der Waals surface area contributed by atoms with Gasteiger partial charge in [-0.05, 0) is 45.2 Å². The summed E-state index contributed by atoms with van der Waals surface area (Å²) < 4.78 is 9.67.